The van der Waals surface area contributed by atoms with Gasteiger partial charge in [-0.05, 0) is 44.0 Å². The lowest BCUT2D eigenvalue weighted by molar-refractivity contribution is -0.266. The molecule has 2 bridgehead atoms. The van der Waals surface area contributed by atoms with Crippen LogP contribution in [0.25, 0.3) is 21.8 Å². The van der Waals surface area contributed by atoms with Gasteiger partial charge in [0.15, 0.2) is 0 Å². The summed E-state index contributed by atoms with van der Waals surface area (Å²) in [6.45, 7) is 3.89. The molecule has 3 aromatic rings. The molecule has 0 aliphatic carbocycles. The first-order valence-electron chi connectivity index (χ1n) is 9.99. The molecule has 3 aliphatic heterocycles. The molecule has 3 fully saturated rings. The van der Waals surface area contributed by atoms with Crippen molar-refractivity contribution in [2.45, 2.75) is 19.4 Å². The van der Waals surface area contributed by atoms with Gasteiger partial charge in [0.25, 0.3) is 0 Å². The molecule has 3 aliphatic rings. The summed E-state index contributed by atoms with van der Waals surface area (Å²) < 4.78 is 1.99. The van der Waals surface area contributed by atoms with Crippen LogP contribution in [0.2, 0.25) is 0 Å². The smallest absolute Gasteiger partial charge is 0.329 e. The molecule has 5 nitrogen and oxygen atoms in total. The van der Waals surface area contributed by atoms with Gasteiger partial charge in [0, 0.05) is 28.4 Å². The number of piperidine rings is 3. The van der Waals surface area contributed by atoms with E-state index in [2.05, 4.69) is 23.1 Å². The third-order valence-corrected chi connectivity index (χ3v) is 6.05. The topological polar surface area (TPSA) is 43.7 Å². The first-order chi connectivity index (χ1) is 13.8. The van der Waals surface area contributed by atoms with Crippen molar-refractivity contribution in [3.63, 3.8) is 0 Å². The van der Waals surface area contributed by atoms with E-state index < -0.39 is 0 Å². The van der Waals surface area contributed by atoms with Crippen molar-refractivity contribution in [3.8, 4) is 0 Å². The van der Waals surface area contributed by atoms with E-state index >= 15 is 0 Å². The molecule has 3 saturated heterocycles. The third kappa shape index (κ3) is 3.21. The van der Waals surface area contributed by atoms with E-state index in [1.165, 1.54) is 31.5 Å². The molecule has 0 N–H and O–H groups in total. The summed E-state index contributed by atoms with van der Waals surface area (Å²) in [7, 11) is 0. The number of nitrogens with zero attached hydrogens (tertiary/aromatic N) is 2. The van der Waals surface area contributed by atoms with E-state index in [4.69, 9.17) is 9.78 Å². The summed E-state index contributed by atoms with van der Waals surface area (Å²) in [6, 6.07) is 16.2. The van der Waals surface area contributed by atoms with Crippen molar-refractivity contribution in [2.24, 2.45) is 5.92 Å². The highest BCUT2D eigenvalue weighted by atomic mass is 17.2. The lowest BCUT2D eigenvalue weighted by atomic mass is 9.84. The highest BCUT2D eigenvalue weighted by molar-refractivity contribution is 6.08. The maximum absolute atomic E-state index is 12.4. The zero-order chi connectivity index (χ0) is 18.9. The van der Waals surface area contributed by atoms with Gasteiger partial charge >= 0.3 is 5.97 Å². The Kier molecular flexibility index (Phi) is 4.63. The number of carbonyl (C=O) groups excluding carboxylic acids is 1. The Bertz CT molecular complexity index is 991. The largest absolute Gasteiger partial charge is 0.361 e. The van der Waals surface area contributed by atoms with Gasteiger partial charge in [0.1, 0.15) is 13.2 Å². The van der Waals surface area contributed by atoms with Crippen LogP contribution in [0.5, 0.6) is 0 Å². The average molecular weight is 376 g/mol. The van der Waals surface area contributed by atoms with Crippen molar-refractivity contribution in [2.75, 3.05) is 26.2 Å². The molecular formula is C23H24N2O3. The van der Waals surface area contributed by atoms with Gasteiger partial charge in [-0.15, -0.1) is 0 Å². The van der Waals surface area contributed by atoms with Gasteiger partial charge in [0.05, 0.1) is 0 Å². The van der Waals surface area contributed by atoms with E-state index in [1.807, 2.05) is 41.0 Å². The second-order valence-electron chi connectivity index (χ2n) is 7.69. The van der Waals surface area contributed by atoms with Crippen LogP contribution in [0.1, 0.15) is 12.8 Å². The molecule has 6 rings (SSSR count). The molecule has 28 heavy (non-hydrogen) atoms. The van der Waals surface area contributed by atoms with Crippen molar-refractivity contribution in [1.29, 1.82) is 0 Å². The number of hydrogen-bond acceptors (Lipinski definition) is 4. The zero-order valence-corrected chi connectivity index (χ0v) is 15.8. The fourth-order valence-corrected chi connectivity index (χ4v) is 4.65. The predicted molar refractivity (Wildman–Crippen MR) is 109 cm³/mol. The molecule has 0 spiro atoms. The maximum Gasteiger partial charge on any atom is 0.361 e. The number of aromatic nitrogens is 1. The Morgan fingerprint density at radius 1 is 1.00 bits per heavy atom. The monoisotopic (exact) mass is 376 g/mol. The van der Waals surface area contributed by atoms with E-state index in [0.29, 0.717) is 12.5 Å². The molecule has 0 atom stereocenters. The second kappa shape index (κ2) is 7.41. The standard InChI is InChI=1S/C23H24N2O3/c26-23(28-27-14-11-18-15-24-12-9-17(18)10-13-24)16-25-21-7-3-1-5-19(21)20-6-2-4-8-22(20)25/h1-8,11,17H,9-10,12-16H2. The van der Waals surface area contributed by atoms with Crippen molar-refractivity contribution in [3.05, 3.63) is 60.2 Å². The third-order valence-electron chi connectivity index (χ3n) is 6.05. The summed E-state index contributed by atoms with van der Waals surface area (Å²) in [5, 5.41) is 2.28. The average Bonchev–Trinajstić information content (AvgIpc) is 3.06. The highest BCUT2D eigenvalue weighted by Crippen LogP contribution is 2.31. The lowest BCUT2D eigenvalue weighted by Crippen LogP contribution is -2.43. The Morgan fingerprint density at radius 2 is 1.64 bits per heavy atom. The molecule has 144 valence electrons. The van der Waals surface area contributed by atoms with Crippen LogP contribution in [0.3, 0.4) is 0 Å². The molecule has 0 radical (unpaired) electrons. The second-order valence-corrected chi connectivity index (χ2v) is 7.69. The van der Waals surface area contributed by atoms with Gasteiger partial charge in [-0.2, -0.15) is 4.89 Å². The Balaban J connectivity index is 1.25. The first-order valence-corrected chi connectivity index (χ1v) is 9.99. The summed E-state index contributed by atoms with van der Waals surface area (Å²) in [5.74, 6) is 0.292. The molecule has 4 heterocycles. The van der Waals surface area contributed by atoms with Gasteiger partial charge in [-0.25, -0.2) is 4.79 Å². The van der Waals surface area contributed by atoms with Crippen LogP contribution in [0, 0.1) is 5.92 Å². The molecule has 0 unspecified atom stereocenters. The van der Waals surface area contributed by atoms with Gasteiger partial charge < -0.3 is 4.57 Å². The predicted octanol–water partition coefficient (Wildman–Crippen LogP) is 3.92. The van der Waals surface area contributed by atoms with Crippen molar-refractivity contribution < 1.29 is 14.6 Å². The van der Waals surface area contributed by atoms with Crippen LogP contribution in [0.4, 0.5) is 0 Å². The summed E-state index contributed by atoms with van der Waals surface area (Å²) in [6.07, 6.45) is 4.56. The molecule has 1 aromatic heterocycles. The normalized spacial score (nSPS) is 22.9. The van der Waals surface area contributed by atoms with Crippen molar-refractivity contribution in [1.82, 2.24) is 9.47 Å². The zero-order valence-electron chi connectivity index (χ0n) is 15.8. The summed E-state index contributed by atoms with van der Waals surface area (Å²) in [5.41, 5.74) is 3.47. The minimum absolute atomic E-state index is 0.126. The molecule has 0 saturated carbocycles. The van der Waals surface area contributed by atoms with E-state index in [1.54, 1.807) is 0 Å². The van der Waals surface area contributed by atoms with Gasteiger partial charge in [0.2, 0.25) is 0 Å². The Morgan fingerprint density at radius 3 is 2.25 bits per heavy atom. The van der Waals surface area contributed by atoms with Crippen LogP contribution in [0.15, 0.2) is 60.2 Å². The summed E-state index contributed by atoms with van der Waals surface area (Å²) >= 11 is 0. The maximum atomic E-state index is 12.4. The van der Waals surface area contributed by atoms with E-state index in [-0.39, 0.29) is 12.5 Å². The molecular weight excluding hydrogens is 352 g/mol. The quantitative estimate of drug-likeness (QED) is 0.293. The molecule has 2 aromatic carbocycles. The lowest BCUT2D eigenvalue weighted by Gasteiger charge is -2.41. The van der Waals surface area contributed by atoms with E-state index in [9.17, 15) is 4.79 Å². The fourth-order valence-electron chi connectivity index (χ4n) is 4.65. The number of fused-ring (bicyclic) bond motifs is 6. The minimum Gasteiger partial charge on any atom is -0.329 e. The molecule has 0 amide bonds. The number of rotatable bonds is 5. The Hall–Kier alpha value is -2.63. The number of hydrogen-bond donors (Lipinski definition) is 0. The van der Waals surface area contributed by atoms with E-state index in [0.717, 1.165) is 28.4 Å². The number of carbonyl (C=O) groups is 1. The van der Waals surface area contributed by atoms with Crippen LogP contribution >= 0.6 is 0 Å². The van der Waals surface area contributed by atoms with Crippen LogP contribution in [-0.2, 0) is 21.1 Å². The van der Waals surface area contributed by atoms with Crippen LogP contribution < -0.4 is 0 Å². The number of benzene rings is 2. The Labute approximate surface area is 164 Å². The van der Waals surface area contributed by atoms with Crippen LogP contribution in [-0.4, -0.2) is 41.7 Å². The van der Waals surface area contributed by atoms with Gasteiger partial charge in [-0.1, -0.05) is 48.0 Å². The summed E-state index contributed by atoms with van der Waals surface area (Å²) in [4.78, 5) is 25.1. The van der Waals surface area contributed by atoms with Gasteiger partial charge in [-0.3, -0.25) is 9.79 Å². The SMILES string of the molecule is O=C(Cn1c2ccccc2c2ccccc21)OOCC=C1CN2CCC1CC2. The first kappa shape index (κ1) is 17.5. The highest BCUT2D eigenvalue weighted by Gasteiger charge is 2.29. The molecule has 5 heteroatoms. The van der Waals surface area contributed by atoms with Crippen molar-refractivity contribution >= 4 is 27.8 Å². The minimum atomic E-state index is -0.390. The number of para-hydroxylation sites is 2. The fraction of sp³-hybridized carbons (Fsp3) is 0.348.